The average Bonchev–Trinajstić information content (AvgIpc) is 3.00. The number of thiophene rings is 1. The van der Waals surface area contributed by atoms with Gasteiger partial charge in [-0.2, -0.15) is 11.3 Å². The van der Waals surface area contributed by atoms with E-state index in [-0.39, 0.29) is 30.9 Å². The standard InChI is InChI=1S/C16H22N2O2S.2ClH/c1-20-14-4-2-3-12(7-14)9-18-10-16(19)15(17)8-13-5-6-21-11-13;;/h2-7,11,15-16,18-19H,8-10,17H2,1H3;2*1H/t15-,16+;;/m0../s1. The van der Waals surface area contributed by atoms with Crippen LogP contribution < -0.4 is 15.8 Å². The SMILES string of the molecule is COc1cccc(CNC[C@@H](O)[C@@H](N)Cc2ccsc2)c1.Cl.Cl. The Balaban J connectivity index is 0.00000242. The maximum Gasteiger partial charge on any atom is 0.119 e. The van der Waals surface area contributed by atoms with Gasteiger partial charge in [0.2, 0.25) is 0 Å². The van der Waals surface area contributed by atoms with Crippen LogP contribution in [0.5, 0.6) is 5.75 Å². The number of hydrogen-bond acceptors (Lipinski definition) is 5. The number of aliphatic hydroxyl groups is 1. The molecule has 1 aromatic carbocycles. The average molecular weight is 379 g/mol. The van der Waals surface area contributed by atoms with Crippen molar-refractivity contribution >= 4 is 36.2 Å². The Hall–Kier alpha value is -0.820. The maximum absolute atomic E-state index is 10.1. The zero-order valence-electron chi connectivity index (χ0n) is 13.0. The lowest BCUT2D eigenvalue weighted by molar-refractivity contribution is 0.141. The van der Waals surface area contributed by atoms with E-state index in [9.17, 15) is 5.11 Å². The molecule has 2 aromatic rings. The number of benzene rings is 1. The molecule has 0 amide bonds. The molecule has 1 heterocycles. The molecule has 1 aromatic heterocycles. The number of methoxy groups -OCH3 is 1. The molecule has 0 aliphatic heterocycles. The second-order valence-corrected chi connectivity index (χ2v) is 5.83. The molecule has 4 nitrogen and oxygen atoms in total. The van der Waals surface area contributed by atoms with Gasteiger partial charge in [0, 0.05) is 19.1 Å². The monoisotopic (exact) mass is 378 g/mol. The van der Waals surface area contributed by atoms with Crippen LogP contribution >= 0.6 is 36.2 Å². The number of aliphatic hydroxyl groups excluding tert-OH is 1. The van der Waals surface area contributed by atoms with Crippen LogP contribution in [0.3, 0.4) is 0 Å². The van der Waals surface area contributed by atoms with Gasteiger partial charge in [-0.15, -0.1) is 24.8 Å². The lowest BCUT2D eigenvalue weighted by atomic mass is 10.0. The van der Waals surface area contributed by atoms with Crippen LogP contribution in [-0.4, -0.2) is 30.9 Å². The number of nitrogens with two attached hydrogens (primary N) is 1. The van der Waals surface area contributed by atoms with Crippen molar-refractivity contribution in [3.8, 4) is 5.75 Å². The Morgan fingerprint density at radius 1 is 1.26 bits per heavy atom. The van der Waals surface area contributed by atoms with Gasteiger partial charge in [-0.25, -0.2) is 0 Å². The summed E-state index contributed by atoms with van der Waals surface area (Å²) in [5, 5.41) is 17.4. The summed E-state index contributed by atoms with van der Waals surface area (Å²) in [6, 6.07) is 9.65. The summed E-state index contributed by atoms with van der Waals surface area (Å²) in [5.74, 6) is 0.837. The zero-order chi connectivity index (χ0) is 15.1. The van der Waals surface area contributed by atoms with E-state index in [1.807, 2.05) is 35.7 Å². The molecule has 7 heteroatoms. The number of rotatable bonds is 8. The van der Waals surface area contributed by atoms with Crippen molar-refractivity contribution in [2.24, 2.45) is 5.73 Å². The van der Waals surface area contributed by atoms with Crippen LogP contribution in [0.4, 0.5) is 0 Å². The van der Waals surface area contributed by atoms with Crippen molar-refractivity contribution in [2.45, 2.75) is 25.1 Å². The third-order valence-corrected chi connectivity index (χ3v) is 4.09. The molecule has 23 heavy (non-hydrogen) atoms. The van der Waals surface area contributed by atoms with Gasteiger partial charge in [0.05, 0.1) is 13.2 Å². The fraction of sp³-hybridized carbons (Fsp3) is 0.375. The third kappa shape index (κ3) is 7.52. The van der Waals surface area contributed by atoms with Crippen molar-refractivity contribution in [1.82, 2.24) is 5.32 Å². The van der Waals surface area contributed by atoms with E-state index in [0.717, 1.165) is 11.3 Å². The van der Waals surface area contributed by atoms with Gasteiger partial charge in [-0.3, -0.25) is 0 Å². The van der Waals surface area contributed by atoms with Crippen LogP contribution in [0.2, 0.25) is 0 Å². The van der Waals surface area contributed by atoms with Crippen molar-refractivity contribution in [2.75, 3.05) is 13.7 Å². The first-order valence-electron chi connectivity index (χ1n) is 6.97. The molecule has 0 saturated heterocycles. The lowest BCUT2D eigenvalue weighted by Crippen LogP contribution is -2.42. The summed E-state index contributed by atoms with van der Waals surface area (Å²) in [5.41, 5.74) is 8.33. The summed E-state index contributed by atoms with van der Waals surface area (Å²) in [6.07, 6.45) is 0.140. The van der Waals surface area contributed by atoms with Gasteiger partial charge in [0.1, 0.15) is 5.75 Å². The molecule has 0 aliphatic rings. The highest BCUT2D eigenvalue weighted by Gasteiger charge is 2.15. The summed E-state index contributed by atoms with van der Waals surface area (Å²) in [6.45, 7) is 1.15. The van der Waals surface area contributed by atoms with Crippen LogP contribution in [0, 0.1) is 0 Å². The van der Waals surface area contributed by atoms with E-state index in [4.69, 9.17) is 10.5 Å². The molecule has 0 radical (unpaired) electrons. The van der Waals surface area contributed by atoms with Gasteiger partial charge in [-0.05, 0) is 46.5 Å². The molecule has 0 saturated carbocycles. The topological polar surface area (TPSA) is 67.5 Å². The van der Waals surface area contributed by atoms with E-state index in [1.165, 1.54) is 5.56 Å². The lowest BCUT2D eigenvalue weighted by Gasteiger charge is -2.19. The number of hydrogen-bond donors (Lipinski definition) is 3. The quantitative estimate of drug-likeness (QED) is 0.660. The molecular formula is C16H24Cl2N2O2S. The first kappa shape index (κ1) is 22.2. The first-order chi connectivity index (χ1) is 10.2. The predicted octanol–water partition coefficient (Wildman–Crippen LogP) is 2.62. The molecule has 0 bridgehead atoms. The smallest absolute Gasteiger partial charge is 0.119 e. The minimum atomic E-state index is -0.560. The van der Waals surface area contributed by atoms with E-state index < -0.39 is 6.10 Å². The molecule has 0 unspecified atom stereocenters. The molecule has 0 fully saturated rings. The second-order valence-electron chi connectivity index (χ2n) is 5.05. The van der Waals surface area contributed by atoms with Crippen molar-refractivity contribution in [3.05, 3.63) is 52.2 Å². The number of halogens is 2. The minimum absolute atomic E-state index is 0. The predicted molar refractivity (Wildman–Crippen MR) is 101 cm³/mol. The summed E-state index contributed by atoms with van der Waals surface area (Å²) in [4.78, 5) is 0. The Labute approximate surface area is 153 Å². The van der Waals surface area contributed by atoms with Crippen LogP contribution in [0.15, 0.2) is 41.1 Å². The van der Waals surface area contributed by atoms with Crippen molar-refractivity contribution in [1.29, 1.82) is 0 Å². The Morgan fingerprint density at radius 2 is 2.04 bits per heavy atom. The van der Waals surface area contributed by atoms with Crippen molar-refractivity contribution < 1.29 is 9.84 Å². The van der Waals surface area contributed by atoms with Crippen LogP contribution in [-0.2, 0) is 13.0 Å². The van der Waals surface area contributed by atoms with Crippen LogP contribution in [0.1, 0.15) is 11.1 Å². The summed E-state index contributed by atoms with van der Waals surface area (Å²) >= 11 is 1.65. The highest BCUT2D eigenvalue weighted by atomic mass is 35.5. The van der Waals surface area contributed by atoms with E-state index >= 15 is 0 Å². The largest absolute Gasteiger partial charge is 0.497 e. The Morgan fingerprint density at radius 3 is 2.70 bits per heavy atom. The molecule has 0 aliphatic carbocycles. The van der Waals surface area contributed by atoms with E-state index in [1.54, 1.807) is 18.4 Å². The molecular weight excluding hydrogens is 355 g/mol. The Kier molecular flexibility index (Phi) is 11.3. The highest BCUT2D eigenvalue weighted by molar-refractivity contribution is 7.07. The third-order valence-electron chi connectivity index (χ3n) is 3.36. The fourth-order valence-corrected chi connectivity index (χ4v) is 2.80. The van der Waals surface area contributed by atoms with Crippen LogP contribution in [0.25, 0.3) is 0 Å². The summed E-state index contributed by atoms with van der Waals surface area (Å²) < 4.78 is 5.18. The maximum atomic E-state index is 10.1. The number of ether oxygens (including phenoxy) is 1. The molecule has 130 valence electrons. The second kappa shape index (κ2) is 11.7. The fourth-order valence-electron chi connectivity index (χ4n) is 2.12. The molecule has 4 N–H and O–H groups in total. The zero-order valence-corrected chi connectivity index (χ0v) is 15.4. The van der Waals surface area contributed by atoms with E-state index in [0.29, 0.717) is 19.5 Å². The highest BCUT2D eigenvalue weighted by Crippen LogP contribution is 2.12. The van der Waals surface area contributed by atoms with Gasteiger partial charge in [0.25, 0.3) is 0 Å². The van der Waals surface area contributed by atoms with Gasteiger partial charge < -0.3 is 20.9 Å². The van der Waals surface area contributed by atoms with Crippen molar-refractivity contribution in [3.63, 3.8) is 0 Å². The summed E-state index contributed by atoms with van der Waals surface area (Å²) in [7, 11) is 1.65. The van der Waals surface area contributed by atoms with E-state index in [2.05, 4.69) is 10.7 Å². The normalized spacial score (nSPS) is 12.7. The molecule has 2 rings (SSSR count). The first-order valence-corrected chi connectivity index (χ1v) is 7.91. The minimum Gasteiger partial charge on any atom is -0.497 e. The number of nitrogens with one attached hydrogen (secondary N) is 1. The van der Waals surface area contributed by atoms with Gasteiger partial charge in [0.15, 0.2) is 0 Å². The Bertz CT molecular complexity index is 541. The van der Waals surface area contributed by atoms with Gasteiger partial charge in [-0.1, -0.05) is 12.1 Å². The molecule has 0 spiro atoms. The van der Waals surface area contributed by atoms with Gasteiger partial charge >= 0.3 is 0 Å². The molecule has 2 atom stereocenters.